The highest BCUT2D eigenvalue weighted by Gasteiger charge is 2.31. The number of amides is 1. The van der Waals surface area contributed by atoms with E-state index in [0.717, 1.165) is 21.3 Å². The van der Waals surface area contributed by atoms with Gasteiger partial charge in [-0.15, -0.1) is 0 Å². The number of aryl methyl sites for hydroxylation is 1. The molecular formula is C20H23BrN2O3S. The number of anilines is 1. The maximum absolute atomic E-state index is 12.7. The number of hydrogen-bond acceptors (Lipinski definition) is 3. The highest BCUT2D eigenvalue weighted by molar-refractivity contribution is 9.10. The summed E-state index contributed by atoms with van der Waals surface area (Å²) in [6.07, 6.45) is 1.07. The van der Waals surface area contributed by atoms with E-state index in [1.165, 1.54) is 4.31 Å². The zero-order valence-corrected chi connectivity index (χ0v) is 17.6. The first-order valence-electron chi connectivity index (χ1n) is 8.94. The van der Waals surface area contributed by atoms with Crippen molar-refractivity contribution < 1.29 is 13.2 Å². The number of para-hydroxylation sites is 1. The summed E-state index contributed by atoms with van der Waals surface area (Å²) in [6, 6.07) is 15.0. The molecule has 1 aliphatic rings. The largest absolute Gasteiger partial charge is 0.326 e. The molecule has 7 heteroatoms. The number of benzene rings is 2. The lowest BCUT2D eigenvalue weighted by molar-refractivity contribution is -0.120. The van der Waals surface area contributed by atoms with Crippen molar-refractivity contribution in [3.05, 3.63) is 64.1 Å². The minimum Gasteiger partial charge on any atom is -0.326 e. The Kier molecular flexibility index (Phi) is 6.34. The number of sulfonamides is 1. The molecule has 1 fully saturated rings. The normalized spacial score (nSPS) is 16.2. The summed E-state index contributed by atoms with van der Waals surface area (Å²) in [6.45, 7) is 2.71. The zero-order valence-electron chi connectivity index (χ0n) is 15.2. The molecule has 3 rings (SSSR count). The van der Waals surface area contributed by atoms with Crippen molar-refractivity contribution in [1.82, 2.24) is 4.31 Å². The summed E-state index contributed by atoms with van der Waals surface area (Å²) in [5.41, 5.74) is 2.58. The van der Waals surface area contributed by atoms with Crippen molar-refractivity contribution in [1.29, 1.82) is 0 Å². The van der Waals surface area contributed by atoms with Crippen LogP contribution in [0.2, 0.25) is 0 Å². The summed E-state index contributed by atoms with van der Waals surface area (Å²) in [4.78, 5) is 12.5. The Balaban J connectivity index is 1.58. The summed E-state index contributed by atoms with van der Waals surface area (Å²) < 4.78 is 27.7. The molecule has 0 aliphatic carbocycles. The number of nitrogens with one attached hydrogen (secondary N) is 1. The monoisotopic (exact) mass is 450 g/mol. The van der Waals surface area contributed by atoms with E-state index in [4.69, 9.17) is 0 Å². The maximum atomic E-state index is 12.7. The molecule has 0 unspecified atom stereocenters. The Morgan fingerprint density at radius 3 is 2.52 bits per heavy atom. The van der Waals surface area contributed by atoms with Crippen LogP contribution in [0, 0.1) is 12.8 Å². The molecule has 2 aromatic carbocycles. The van der Waals surface area contributed by atoms with Gasteiger partial charge in [-0.25, -0.2) is 12.7 Å². The molecule has 0 aromatic heterocycles. The van der Waals surface area contributed by atoms with Crippen LogP contribution in [0.1, 0.15) is 24.0 Å². The Morgan fingerprint density at radius 2 is 1.85 bits per heavy atom. The van der Waals surface area contributed by atoms with Crippen LogP contribution < -0.4 is 5.32 Å². The fourth-order valence-electron chi connectivity index (χ4n) is 3.27. The van der Waals surface area contributed by atoms with Gasteiger partial charge in [0.25, 0.3) is 0 Å². The van der Waals surface area contributed by atoms with E-state index >= 15 is 0 Å². The van der Waals surface area contributed by atoms with Crippen LogP contribution in [0.4, 0.5) is 5.69 Å². The average molecular weight is 451 g/mol. The molecule has 0 spiro atoms. The third kappa shape index (κ3) is 5.18. The minimum absolute atomic E-state index is 0.0213. The maximum Gasteiger partial charge on any atom is 0.227 e. The highest BCUT2D eigenvalue weighted by atomic mass is 79.9. The zero-order chi connectivity index (χ0) is 19.4. The van der Waals surface area contributed by atoms with Gasteiger partial charge in [0.2, 0.25) is 15.9 Å². The summed E-state index contributed by atoms with van der Waals surface area (Å²) in [7, 11) is -3.39. The minimum atomic E-state index is -3.39. The van der Waals surface area contributed by atoms with Crippen LogP contribution >= 0.6 is 15.9 Å². The lowest BCUT2D eigenvalue weighted by atomic mass is 9.97. The Labute approximate surface area is 169 Å². The molecular weight excluding hydrogens is 428 g/mol. The van der Waals surface area contributed by atoms with Crippen molar-refractivity contribution in [2.45, 2.75) is 25.5 Å². The highest BCUT2D eigenvalue weighted by Crippen LogP contribution is 2.24. The topological polar surface area (TPSA) is 66.5 Å². The van der Waals surface area contributed by atoms with Crippen molar-refractivity contribution in [3.63, 3.8) is 0 Å². The second kappa shape index (κ2) is 8.54. The summed E-state index contributed by atoms with van der Waals surface area (Å²) >= 11 is 3.37. The molecule has 5 nitrogen and oxygen atoms in total. The van der Waals surface area contributed by atoms with Crippen molar-refractivity contribution >= 4 is 37.5 Å². The summed E-state index contributed by atoms with van der Waals surface area (Å²) in [5.74, 6) is -0.220. The van der Waals surface area contributed by atoms with Gasteiger partial charge in [0, 0.05) is 29.2 Å². The van der Waals surface area contributed by atoms with E-state index in [0.29, 0.717) is 25.9 Å². The van der Waals surface area contributed by atoms with Crippen LogP contribution in [-0.4, -0.2) is 31.7 Å². The number of rotatable bonds is 5. The van der Waals surface area contributed by atoms with Gasteiger partial charge in [-0.2, -0.15) is 0 Å². The second-order valence-corrected chi connectivity index (χ2v) is 9.75. The number of halogens is 1. The molecule has 0 atom stereocenters. The molecule has 1 N–H and O–H groups in total. The van der Waals surface area contributed by atoms with Gasteiger partial charge >= 0.3 is 0 Å². The lowest BCUT2D eigenvalue weighted by Crippen LogP contribution is -2.41. The predicted octanol–water partition coefficient (Wildman–Crippen LogP) is 3.94. The van der Waals surface area contributed by atoms with Gasteiger partial charge < -0.3 is 5.32 Å². The first kappa shape index (κ1) is 20.0. The number of hydrogen-bond donors (Lipinski definition) is 1. The van der Waals surface area contributed by atoms with Crippen LogP contribution in [-0.2, 0) is 20.6 Å². The summed E-state index contributed by atoms with van der Waals surface area (Å²) in [5, 5.41) is 2.97. The Morgan fingerprint density at radius 1 is 1.15 bits per heavy atom. The van der Waals surface area contributed by atoms with Crippen molar-refractivity contribution in [2.75, 3.05) is 18.4 Å². The van der Waals surface area contributed by atoms with Crippen molar-refractivity contribution in [3.8, 4) is 0 Å². The fraction of sp³-hybridized carbons (Fsp3) is 0.350. The third-order valence-electron chi connectivity index (χ3n) is 4.86. The SMILES string of the molecule is Cc1ccccc1NC(=O)C1CCN(S(=O)(=O)Cc2cccc(Br)c2)CC1. The second-order valence-electron chi connectivity index (χ2n) is 6.86. The van der Waals surface area contributed by atoms with Gasteiger partial charge in [0.05, 0.1) is 5.75 Å². The first-order chi connectivity index (χ1) is 12.8. The Bertz CT molecular complexity index is 922. The number of carbonyl (C=O) groups excluding carboxylic acids is 1. The van der Waals surface area contributed by atoms with Gasteiger partial charge in [-0.3, -0.25) is 4.79 Å². The van der Waals surface area contributed by atoms with Crippen molar-refractivity contribution in [2.24, 2.45) is 5.92 Å². The van der Waals surface area contributed by atoms with Crippen LogP contribution in [0.15, 0.2) is 53.0 Å². The van der Waals surface area contributed by atoms with Gasteiger partial charge in [0.15, 0.2) is 0 Å². The lowest BCUT2D eigenvalue weighted by Gasteiger charge is -2.30. The molecule has 0 radical (unpaired) electrons. The molecule has 144 valence electrons. The molecule has 1 saturated heterocycles. The number of piperidine rings is 1. The standard InChI is InChI=1S/C20H23BrN2O3S/c1-15-5-2-3-8-19(15)22-20(24)17-9-11-23(12-10-17)27(25,26)14-16-6-4-7-18(21)13-16/h2-8,13,17H,9-12,14H2,1H3,(H,22,24). The van der Waals surface area contributed by atoms with Crippen LogP contribution in [0.3, 0.4) is 0 Å². The molecule has 27 heavy (non-hydrogen) atoms. The molecule has 1 aliphatic heterocycles. The number of carbonyl (C=O) groups is 1. The molecule has 1 amide bonds. The van der Waals surface area contributed by atoms with Crippen LogP contribution in [0.25, 0.3) is 0 Å². The predicted molar refractivity (Wildman–Crippen MR) is 111 cm³/mol. The van der Waals surface area contributed by atoms with Gasteiger partial charge in [-0.05, 0) is 49.1 Å². The van der Waals surface area contributed by atoms with E-state index < -0.39 is 10.0 Å². The Hall–Kier alpha value is -1.70. The smallest absolute Gasteiger partial charge is 0.227 e. The fourth-order valence-corrected chi connectivity index (χ4v) is 5.27. The van der Waals surface area contributed by atoms with E-state index in [1.807, 2.05) is 55.5 Å². The van der Waals surface area contributed by atoms with Crippen LogP contribution in [0.5, 0.6) is 0 Å². The van der Waals surface area contributed by atoms with E-state index in [1.54, 1.807) is 0 Å². The molecule has 0 saturated carbocycles. The average Bonchev–Trinajstić information content (AvgIpc) is 2.63. The molecule has 2 aromatic rings. The van der Waals surface area contributed by atoms with E-state index in [9.17, 15) is 13.2 Å². The molecule has 1 heterocycles. The molecule has 0 bridgehead atoms. The quantitative estimate of drug-likeness (QED) is 0.749. The van der Waals surface area contributed by atoms with E-state index in [-0.39, 0.29) is 17.6 Å². The van der Waals surface area contributed by atoms with Gasteiger partial charge in [-0.1, -0.05) is 46.3 Å². The van der Waals surface area contributed by atoms with Gasteiger partial charge in [0.1, 0.15) is 0 Å². The first-order valence-corrected chi connectivity index (χ1v) is 11.3. The van der Waals surface area contributed by atoms with E-state index in [2.05, 4.69) is 21.2 Å². The third-order valence-corrected chi connectivity index (χ3v) is 7.20. The number of nitrogens with zero attached hydrogens (tertiary/aromatic N) is 1.